The number of amides is 1. The van der Waals surface area contributed by atoms with E-state index < -0.39 is 28.6 Å². The van der Waals surface area contributed by atoms with Crippen molar-refractivity contribution >= 4 is 45.6 Å². The molecule has 148 valence electrons. The lowest BCUT2D eigenvalue weighted by Crippen LogP contribution is -2.30. The number of aromatic nitrogens is 1. The van der Waals surface area contributed by atoms with E-state index in [-0.39, 0.29) is 10.6 Å². The molecule has 1 aromatic heterocycles. The number of nitro groups is 1. The Hall–Kier alpha value is -3.30. The monoisotopic (exact) mass is 431 g/mol. The number of hydrogen-bond donors (Lipinski definition) is 1. The van der Waals surface area contributed by atoms with Crippen molar-refractivity contribution in [2.24, 2.45) is 0 Å². The summed E-state index contributed by atoms with van der Waals surface area (Å²) in [4.78, 5) is 39.3. The predicted octanol–water partition coefficient (Wildman–Crippen LogP) is 4.56. The van der Waals surface area contributed by atoms with Gasteiger partial charge in [-0.2, -0.15) is 0 Å². The number of carbonyl (C=O) groups is 2. The molecule has 3 rings (SSSR count). The Morgan fingerprint density at radius 2 is 1.97 bits per heavy atom. The zero-order chi connectivity index (χ0) is 21.0. The Labute approximate surface area is 174 Å². The molecule has 0 fully saturated rings. The lowest BCUT2D eigenvalue weighted by Gasteiger charge is -2.12. The van der Waals surface area contributed by atoms with Gasteiger partial charge in [0.05, 0.1) is 10.6 Å². The SMILES string of the molecule is C[C@H](OC(=O)c1cc(Cl)ccc1[N+](=O)[O-])C(=O)Nc1nc(-c2ccccc2)cs1. The number of anilines is 1. The topological polar surface area (TPSA) is 111 Å². The van der Waals surface area contributed by atoms with E-state index in [4.69, 9.17) is 16.3 Å². The Kier molecular flexibility index (Phi) is 6.20. The van der Waals surface area contributed by atoms with E-state index in [0.717, 1.165) is 17.7 Å². The second kappa shape index (κ2) is 8.80. The fraction of sp³-hybridized carbons (Fsp3) is 0.105. The fourth-order valence-corrected chi connectivity index (χ4v) is 3.28. The van der Waals surface area contributed by atoms with Gasteiger partial charge in [0.15, 0.2) is 11.2 Å². The molecule has 8 nitrogen and oxygen atoms in total. The summed E-state index contributed by atoms with van der Waals surface area (Å²) in [6, 6.07) is 12.9. The van der Waals surface area contributed by atoms with Crippen LogP contribution in [0.4, 0.5) is 10.8 Å². The van der Waals surface area contributed by atoms with Crippen molar-refractivity contribution in [3.63, 3.8) is 0 Å². The highest BCUT2D eigenvalue weighted by Gasteiger charge is 2.26. The minimum Gasteiger partial charge on any atom is -0.449 e. The van der Waals surface area contributed by atoms with Crippen LogP contribution in [0.3, 0.4) is 0 Å². The van der Waals surface area contributed by atoms with Crippen LogP contribution in [0.25, 0.3) is 11.3 Å². The minimum absolute atomic E-state index is 0.135. The van der Waals surface area contributed by atoms with E-state index >= 15 is 0 Å². The normalized spacial score (nSPS) is 11.5. The molecule has 0 spiro atoms. The van der Waals surface area contributed by atoms with E-state index in [0.29, 0.717) is 10.8 Å². The molecule has 10 heteroatoms. The molecule has 0 saturated carbocycles. The molecule has 1 heterocycles. The van der Waals surface area contributed by atoms with Crippen molar-refractivity contribution in [2.45, 2.75) is 13.0 Å². The van der Waals surface area contributed by atoms with E-state index in [9.17, 15) is 19.7 Å². The van der Waals surface area contributed by atoms with Crippen LogP contribution in [0.1, 0.15) is 17.3 Å². The summed E-state index contributed by atoms with van der Waals surface area (Å²) >= 11 is 7.03. The molecule has 0 aliphatic carbocycles. The van der Waals surface area contributed by atoms with Gasteiger partial charge in [-0.3, -0.25) is 20.2 Å². The van der Waals surface area contributed by atoms with Crippen molar-refractivity contribution in [1.82, 2.24) is 4.98 Å². The third-order valence-electron chi connectivity index (χ3n) is 3.83. The van der Waals surface area contributed by atoms with Crippen molar-refractivity contribution in [3.05, 3.63) is 74.6 Å². The molecule has 0 radical (unpaired) electrons. The summed E-state index contributed by atoms with van der Waals surface area (Å²) in [6.45, 7) is 1.36. The highest BCUT2D eigenvalue weighted by molar-refractivity contribution is 7.14. The number of thiazole rings is 1. The summed E-state index contributed by atoms with van der Waals surface area (Å²) in [5, 5.41) is 15.9. The van der Waals surface area contributed by atoms with Gasteiger partial charge in [0, 0.05) is 22.0 Å². The third kappa shape index (κ3) is 4.95. The molecule has 3 aromatic rings. The number of carbonyl (C=O) groups excluding carboxylic acids is 2. The molecule has 0 bridgehead atoms. The van der Waals surface area contributed by atoms with Gasteiger partial charge in [0.1, 0.15) is 5.56 Å². The van der Waals surface area contributed by atoms with E-state index in [2.05, 4.69) is 10.3 Å². The van der Waals surface area contributed by atoms with Crippen LogP contribution < -0.4 is 5.32 Å². The van der Waals surface area contributed by atoms with Gasteiger partial charge in [-0.25, -0.2) is 9.78 Å². The number of nitrogens with one attached hydrogen (secondary N) is 1. The molecule has 29 heavy (non-hydrogen) atoms. The number of nitro benzene ring substituents is 1. The summed E-state index contributed by atoms with van der Waals surface area (Å²) in [5.74, 6) is -1.64. The molecule has 0 unspecified atom stereocenters. The molecule has 1 N–H and O–H groups in total. The van der Waals surface area contributed by atoms with Crippen molar-refractivity contribution < 1.29 is 19.2 Å². The second-order valence-corrected chi connectivity index (χ2v) is 7.15. The number of rotatable bonds is 6. The maximum atomic E-state index is 12.3. The predicted molar refractivity (Wildman–Crippen MR) is 109 cm³/mol. The molecule has 1 atom stereocenters. The first-order valence-corrected chi connectivity index (χ1v) is 9.57. The Balaban J connectivity index is 1.67. The molecule has 0 aliphatic rings. The van der Waals surface area contributed by atoms with Crippen molar-refractivity contribution in [1.29, 1.82) is 0 Å². The van der Waals surface area contributed by atoms with Gasteiger partial charge in [0.25, 0.3) is 11.6 Å². The summed E-state index contributed by atoms with van der Waals surface area (Å²) in [5.41, 5.74) is 0.810. The van der Waals surface area contributed by atoms with Crippen LogP contribution in [0.5, 0.6) is 0 Å². The summed E-state index contributed by atoms with van der Waals surface area (Å²) < 4.78 is 5.07. The molecular weight excluding hydrogens is 418 g/mol. The van der Waals surface area contributed by atoms with Gasteiger partial charge in [0.2, 0.25) is 0 Å². The number of hydrogen-bond acceptors (Lipinski definition) is 7. The van der Waals surface area contributed by atoms with Crippen LogP contribution in [-0.4, -0.2) is 27.9 Å². The maximum absolute atomic E-state index is 12.3. The van der Waals surface area contributed by atoms with Crippen molar-refractivity contribution in [2.75, 3.05) is 5.32 Å². The third-order valence-corrected chi connectivity index (χ3v) is 4.82. The van der Waals surface area contributed by atoms with E-state index in [1.807, 2.05) is 30.3 Å². The minimum atomic E-state index is -1.20. The second-order valence-electron chi connectivity index (χ2n) is 5.86. The number of esters is 1. The highest BCUT2D eigenvalue weighted by atomic mass is 35.5. The lowest BCUT2D eigenvalue weighted by molar-refractivity contribution is -0.385. The van der Waals surface area contributed by atoms with Crippen LogP contribution >= 0.6 is 22.9 Å². The average Bonchev–Trinajstić information content (AvgIpc) is 3.16. The molecule has 1 amide bonds. The largest absolute Gasteiger partial charge is 0.449 e. The molecule has 0 aliphatic heterocycles. The van der Waals surface area contributed by atoms with Gasteiger partial charge in [-0.15, -0.1) is 11.3 Å². The van der Waals surface area contributed by atoms with Gasteiger partial charge in [-0.05, 0) is 19.1 Å². The molecule has 0 saturated heterocycles. The van der Waals surface area contributed by atoms with Gasteiger partial charge < -0.3 is 4.74 Å². The number of benzene rings is 2. The smallest absolute Gasteiger partial charge is 0.345 e. The number of halogens is 1. The van der Waals surface area contributed by atoms with Gasteiger partial charge >= 0.3 is 5.97 Å². The van der Waals surface area contributed by atoms with Gasteiger partial charge in [-0.1, -0.05) is 41.9 Å². The number of ether oxygens (including phenoxy) is 1. The maximum Gasteiger partial charge on any atom is 0.345 e. The fourth-order valence-electron chi connectivity index (χ4n) is 2.39. The Morgan fingerprint density at radius 3 is 2.66 bits per heavy atom. The first kappa shape index (κ1) is 20.4. The standard InChI is InChI=1S/C19H14ClN3O5S/c1-11(28-18(25)14-9-13(20)7-8-16(14)23(26)27)17(24)22-19-21-15(10-29-19)12-5-3-2-4-6-12/h2-11H,1H3,(H,21,22,24)/t11-/m0/s1. The van der Waals surface area contributed by atoms with Crippen LogP contribution in [-0.2, 0) is 9.53 Å². The zero-order valence-electron chi connectivity index (χ0n) is 15.0. The lowest BCUT2D eigenvalue weighted by atomic mass is 10.2. The first-order valence-electron chi connectivity index (χ1n) is 8.32. The quantitative estimate of drug-likeness (QED) is 0.348. The van der Waals surface area contributed by atoms with E-state index in [1.54, 1.807) is 5.38 Å². The first-order chi connectivity index (χ1) is 13.8. The molecular formula is C19H14ClN3O5S. The summed E-state index contributed by atoms with van der Waals surface area (Å²) in [6.07, 6.45) is -1.20. The summed E-state index contributed by atoms with van der Waals surface area (Å²) in [7, 11) is 0. The highest BCUT2D eigenvalue weighted by Crippen LogP contribution is 2.26. The van der Waals surface area contributed by atoms with E-state index in [1.165, 1.54) is 24.3 Å². The Morgan fingerprint density at radius 1 is 1.24 bits per heavy atom. The van der Waals surface area contributed by atoms with Crippen molar-refractivity contribution in [3.8, 4) is 11.3 Å². The zero-order valence-corrected chi connectivity index (χ0v) is 16.6. The average molecular weight is 432 g/mol. The van der Waals surface area contributed by atoms with Crippen LogP contribution in [0.2, 0.25) is 5.02 Å². The Bertz CT molecular complexity index is 1070. The van der Waals surface area contributed by atoms with Crippen LogP contribution in [0.15, 0.2) is 53.9 Å². The van der Waals surface area contributed by atoms with Crippen LogP contribution in [0, 0.1) is 10.1 Å². The number of nitrogens with zero attached hydrogens (tertiary/aromatic N) is 2. The molecule has 2 aromatic carbocycles.